The van der Waals surface area contributed by atoms with Crippen LogP contribution in [0.25, 0.3) is 0 Å². The summed E-state index contributed by atoms with van der Waals surface area (Å²) in [5.41, 5.74) is 1.88. The summed E-state index contributed by atoms with van der Waals surface area (Å²) >= 11 is 12.3. The van der Waals surface area contributed by atoms with Crippen molar-refractivity contribution in [2.45, 2.75) is 25.8 Å². The predicted octanol–water partition coefficient (Wildman–Crippen LogP) is 5.42. The van der Waals surface area contributed by atoms with E-state index in [2.05, 4.69) is 12.2 Å². The van der Waals surface area contributed by atoms with Gasteiger partial charge in [-0.2, -0.15) is 0 Å². The molecular formula is C17H18Cl2FN. The monoisotopic (exact) mass is 325 g/mol. The molecule has 1 nitrogen and oxygen atoms in total. The van der Waals surface area contributed by atoms with E-state index in [1.807, 2.05) is 24.3 Å². The first-order valence-corrected chi connectivity index (χ1v) is 7.78. The molecule has 0 saturated carbocycles. The van der Waals surface area contributed by atoms with Crippen molar-refractivity contribution in [2.75, 3.05) is 6.54 Å². The van der Waals surface area contributed by atoms with Crippen LogP contribution >= 0.6 is 23.2 Å². The first kappa shape index (κ1) is 16.3. The fraction of sp³-hybridized carbons (Fsp3) is 0.294. The molecule has 0 fully saturated rings. The Bertz CT molecular complexity index is 601. The number of hydrogen-bond acceptors (Lipinski definition) is 1. The highest BCUT2D eigenvalue weighted by atomic mass is 35.5. The zero-order valence-corrected chi connectivity index (χ0v) is 13.4. The maximum Gasteiger partial charge on any atom is 0.123 e. The van der Waals surface area contributed by atoms with Gasteiger partial charge in [0.2, 0.25) is 0 Å². The average molecular weight is 326 g/mol. The van der Waals surface area contributed by atoms with Crippen LogP contribution in [-0.2, 0) is 6.42 Å². The second kappa shape index (κ2) is 7.79. The highest BCUT2D eigenvalue weighted by molar-refractivity contribution is 6.31. The lowest BCUT2D eigenvalue weighted by Crippen LogP contribution is -2.24. The number of hydrogen-bond donors (Lipinski definition) is 1. The van der Waals surface area contributed by atoms with Crippen molar-refractivity contribution in [2.24, 2.45) is 0 Å². The molecule has 0 saturated heterocycles. The highest BCUT2D eigenvalue weighted by Gasteiger charge is 2.16. The maximum atomic E-state index is 13.5. The van der Waals surface area contributed by atoms with Gasteiger partial charge in [-0.15, -0.1) is 0 Å². The summed E-state index contributed by atoms with van der Waals surface area (Å²) in [6.07, 6.45) is 1.71. The van der Waals surface area contributed by atoms with E-state index in [4.69, 9.17) is 23.2 Å². The smallest absolute Gasteiger partial charge is 0.123 e. The summed E-state index contributed by atoms with van der Waals surface area (Å²) < 4.78 is 13.5. The van der Waals surface area contributed by atoms with Crippen molar-refractivity contribution in [3.8, 4) is 0 Å². The number of nitrogens with one attached hydrogen (secondary N) is 1. The van der Waals surface area contributed by atoms with E-state index in [0.29, 0.717) is 16.5 Å². The van der Waals surface area contributed by atoms with Crippen molar-refractivity contribution in [3.63, 3.8) is 0 Å². The minimum Gasteiger partial charge on any atom is -0.310 e. The third-order valence-electron chi connectivity index (χ3n) is 3.30. The minimum atomic E-state index is -0.274. The lowest BCUT2D eigenvalue weighted by atomic mass is 9.98. The van der Waals surface area contributed by atoms with Gasteiger partial charge in [0.1, 0.15) is 5.82 Å². The van der Waals surface area contributed by atoms with Gasteiger partial charge in [0, 0.05) is 16.1 Å². The van der Waals surface area contributed by atoms with Gasteiger partial charge in [0.15, 0.2) is 0 Å². The number of benzene rings is 2. The second-order valence-electron chi connectivity index (χ2n) is 5.01. The standard InChI is InChI=1S/C17H18Cl2FN/c1-2-8-21-17(10-12-4-3-5-13(18)9-12)15-11-14(20)6-7-16(15)19/h3-7,9,11,17,21H,2,8,10H2,1H3. The summed E-state index contributed by atoms with van der Waals surface area (Å²) in [5.74, 6) is -0.274. The molecule has 2 aromatic rings. The fourth-order valence-electron chi connectivity index (χ4n) is 2.29. The minimum absolute atomic E-state index is 0.0355. The first-order chi connectivity index (χ1) is 10.1. The zero-order valence-electron chi connectivity index (χ0n) is 11.9. The third-order valence-corrected chi connectivity index (χ3v) is 3.88. The second-order valence-corrected chi connectivity index (χ2v) is 5.85. The molecule has 1 unspecified atom stereocenters. The Morgan fingerprint density at radius 2 is 1.95 bits per heavy atom. The third kappa shape index (κ3) is 4.70. The van der Waals surface area contributed by atoms with Gasteiger partial charge in [0.05, 0.1) is 0 Å². The SMILES string of the molecule is CCCNC(Cc1cccc(Cl)c1)c1cc(F)ccc1Cl. The Morgan fingerprint density at radius 1 is 1.14 bits per heavy atom. The van der Waals surface area contributed by atoms with Gasteiger partial charge in [-0.05, 0) is 60.8 Å². The van der Waals surface area contributed by atoms with Crippen LogP contribution in [0.3, 0.4) is 0 Å². The van der Waals surface area contributed by atoms with Crippen molar-refractivity contribution in [3.05, 3.63) is 69.5 Å². The fourth-order valence-corrected chi connectivity index (χ4v) is 2.75. The van der Waals surface area contributed by atoms with E-state index in [9.17, 15) is 4.39 Å². The molecule has 1 N–H and O–H groups in total. The number of rotatable bonds is 6. The largest absolute Gasteiger partial charge is 0.310 e. The Balaban J connectivity index is 2.27. The van der Waals surface area contributed by atoms with Crippen molar-refractivity contribution < 1.29 is 4.39 Å². The molecule has 0 aliphatic carbocycles. The average Bonchev–Trinajstić information content (AvgIpc) is 2.46. The summed E-state index contributed by atoms with van der Waals surface area (Å²) in [7, 11) is 0. The van der Waals surface area contributed by atoms with Crippen LogP contribution < -0.4 is 5.32 Å². The van der Waals surface area contributed by atoms with Gasteiger partial charge in [-0.3, -0.25) is 0 Å². The Morgan fingerprint density at radius 3 is 2.67 bits per heavy atom. The zero-order chi connectivity index (χ0) is 15.2. The van der Waals surface area contributed by atoms with Gasteiger partial charge in [0.25, 0.3) is 0 Å². The molecule has 0 heterocycles. The van der Waals surface area contributed by atoms with Crippen LogP contribution in [0.2, 0.25) is 10.0 Å². The lowest BCUT2D eigenvalue weighted by molar-refractivity contribution is 0.524. The Labute approximate surface area is 135 Å². The molecule has 0 bridgehead atoms. The molecule has 2 rings (SSSR count). The number of halogens is 3. The van der Waals surface area contributed by atoms with Crippen LogP contribution in [-0.4, -0.2) is 6.54 Å². The van der Waals surface area contributed by atoms with E-state index in [-0.39, 0.29) is 11.9 Å². The Hall–Kier alpha value is -1.09. The topological polar surface area (TPSA) is 12.0 Å². The van der Waals surface area contributed by atoms with Crippen LogP contribution in [0.5, 0.6) is 0 Å². The van der Waals surface area contributed by atoms with E-state index in [1.165, 1.54) is 12.1 Å². The van der Waals surface area contributed by atoms with E-state index in [1.54, 1.807) is 6.07 Å². The molecule has 112 valence electrons. The lowest BCUT2D eigenvalue weighted by Gasteiger charge is -2.20. The molecule has 0 aromatic heterocycles. The summed E-state index contributed by atoms with van der Waals surface area (Å²) in [4.78, 5) is 0. The maximum absolute atomic E-state index is 13.5. The predicted molar refractivity (Wildman–Crippen MR) is 87.6 cm³/mol. The molecule has 0 amide bonds. The van der Waals surface area contributed by atoms with Crippen LogP contribution in [0.1, 0.15) is 30.5 Å². The first-order valence-electron chi connectivity index (χ1n) is 7.03. The summed E-state index contributed by atoms with van der Waals surface area (Å²) in [6.45, 7) is 2.94. The van der Waals surface area contributed by atoms with Gasteiger partial charge >= 0.3 is 0 Å². The molecule has 1 atom stereocenters. The van der Waals surface area contributed by atoms with Gasteiger partial charge < -0.3 is 5.32 Å². The van der Waals surface area contributed by atoms with E-state index in [0.717, 1.165) is 24.1 Å². The Kier molecular flexibility index (Phi) is 6.04. The van der Waals surface area contributed by atoms with Crippen LogP contribution in [0.15, 0.2) is 42.5 Å². The van der Waals surface area contributed by atoms with Crippen molar-refractivity contribution >= 4 is 23.2 Å². The normalized spacial score (nSPS) is 12.4. The quantitative estimate of drug-likeness (QED) is 0.748. The summed E-state index contributed by atoms with van der Waals surface area (Å²) in [6, 6.07) is 12.1. The summed E-state index contributed by atoms with van der Waals surface area (Å²) in [5, 5.41) is 4.70. The molecule has 0 aliphatic heterocycles. The van der Waals surface area contributed by atoms with Crippen LogP contribution in [0.4, 0.5) is 4.39 Å². The van der Waals surface area contributed by atoms with Gasteiger partial charge in [-0.25, -0.2) is 4.39 Å². The van der Waals surface area contributed by atoms with Crippen LogP contribution in [0, 0.1) is 5.82 Å². The molecule has 21 heavy (non-hydrogen) atoms. The molecule has 0 spiro atoms. The molecular weight excluding hydrogens is 308 g/mol. The molecule has 2 aromatic carbocycles. The molecule has 4 heteroatoms. The van der Waals surface area contributed by atoms with Crippen molar-refractivity contribution in [1.82, 2.24) is 5.32 Å². The van der Waals surface area contributed by atoms with Crippen molar-refractivity contribution in [1.29, 1.82) is 0 Å². The van der Waals surface area contributed by atoms with E-state index >= 15 is 0 Å². The molecule has 0 radical (unpaired) electrons. The highest BCUT2D eigenvalue weighted by Crippen LogP contribution is 2.27. The van der Waals surface area contributed by atoms with Gasteiger partial charge in [-0.1, -0.05) is 42.3 Å². The van der Waals surface area contributed by atoms with E-state index < -0.39 is 0 Å². The molecule has 0 aliphatic rings.